The van der Waals surface area contributed by atoms with Gasteiger partial charge in [-0.05, 0) is 42.7 Å². The highest BCUT2D eigenvalue weighted by Gasteiger charge is 2.20. The lowest BCUT2D eigenvalue weighted by Crippen LogP contribution is -2.35. The maximum Gasteiger partial charge on any atom is 0.189 e. The number of aromatic nitrogens is 3. The van der Waals surface area contributed by atoms with Crippen LogP contribution in [-0.4, -0.2) is 59.2 Å². The molecule has 0 aliphatic carbocycles. The fraction of sp³-hybridized carbons (Fsp3) is 0.375. The molecule has 1 N–H and O–H groups in total. The highest BCUT2D eigenvalue weighted by molar-refractivity contribution is 7.22. The molecule has 7 nitrogen and oxygen atoms in total. The first kappa shape index (κ1) is 19.8. The summed E-state index contributed by atoms with van der Waals surface area (Å²) in [6.07, 6.45) is 2.39. The number of fused-ring (bicyclic) bond motifs is 2. The van der Waals surface area contributed by atoms with Crippen molar-refractivity contribution >= 4 is 49.4 Å². The zero-order chi connectivity index (χ0) is 21.3. The zero-order valence-electron chi connectivity index (χ0n) is 18.0. The lowest BCUT2D eigenvalue weighted by molar-refractivity contribution is 0.0342. The molecule has 2 saturated heterocycles. The van der Waals surface area contributed by atoms with Gasteiger partial charge in [0.15, 0.2) is 16.8 Å². The molecule has 0 amide bonds. The minimum absolute atomic E-state index is 0.790. The molecule has 6 rings (SSSR count). The van der Waals surface area contributed by atoms with Gasteiger partial charge < -0.3 is 15.0 Å². The number of hydrogen-bond donors (Lipinski definition) is 1. The van der Waals surface area contributed by atoms with Crippen LogP contribution in [0.2, 0.25) is 0 Å². The minimum atomic E-state index is 0.790. The number of anilines is 3. The van der Waals surface area contributed by atoms with Crippen LogP contribution < -0.4 is 10.2 Å². The van der Waals surface area contributed by atoms with Crippen molar-refractivity contribution in [2.75, 3.05) is 49.6 Å². The van der Waals surface area contributed by atoms with Crippen molar-refractivity contribution in [1.82, 2.24) is 19.9 Å². The smallest absolute Gasteiger partial charge is 0.189 e. The Bertz CT molecular complexity index is 1250. The summed E-state index contributed by atoms with van der Waals surface area (Å²) in [7, 11) is 0. The van der Waals surface area contributed by atoms with E-state index in [4.69, 9.17) is 19.7 Å². The molecule has 32 heavy (non-hydrogen) atoms. The quantitative estimate of drug-likeness (QED) is 0.487. The van der Waals surface area contributed by atoms with E-state index < -0.39 is 0 Å². The second kappa shape index (κ2) is 8.61. The average molecular weight is 447 g/mol. The summed E-state index contributed by atoms with van der Waals surface area (Å²) in [5, 5.41) is 4.35. The molecule has 0 unspecified atom stereocenters. The van der Waals surface area contributed by atoms with Gasteiger partial charge in [0, 0.05) is 32.7 Å². The van der Waals surface area contributed by atoms with Gasteiger partial charge in [-0.15, -0.1) is 0 Å². The zero-order valence-corrected chi connectivity index (χ0v) is 18.8. The summed E-state index contributed by atoms with van der Waals surface area (Å²) in [5.41, 5.74) is 4.15. The summed E-state index contributed by atoms with van der Waals surface area (Å²) in [5.74, 6) is 1.71. The average Bonchev–Trinajstić information content (AvgIpc) is 3.49. The van der Waals surface area contributed by atoms with Crippen LogP contribution in [0.15, 0.2) is 42.5 Å². The molecule has 2 aromatic carbocycles. The number of nitrogens with zero attached hydrogens (tertiary/aromatic N) is 5. The Kier molecular flexibility index (Phi) is 5.34. The number of para-hydroxylation sites is 2. The van der Waals surface area contributed by atoms with Crippen LogP contribution in [0.25, 0.3) is 21.3 Å². The highest BCUT2D eigenvalue weighted by Crippen LogP contribution is 2.33. The van der Waals surface area contributed by atoms with Crippen LogP contribution in [0, 0.1) is 0 Å². The predicted molar refractivity (Wildman–Crippen MR) is 130 cm³/mol. The fourth-order valence-corrected chi connectivity index (χ4v) is 5.39. The first-order chi connectivity index (χ1) is 15.8. The van der Waals surface area contributed by atoms with E-state index in [1.54, 1.807) is 11.3 Å². The van der Waals surface area contributed by atoms with Crippen molar-refractivity contribution in [3.05, 3.63) is 48.0 Å². The maximum absolute atomic E-state index is 5.47. The molecule has 2 aromatic heterocycles. The fourth-order valence-electron chi connectivity index (χ4n) is 4.46. The van der Waals surface area contributed by atoms with E-state index in [9.17, 15) is 0 Å². The highest BCUT2D eigenvalue weighted by atomic mass is 32.1. The molecule has 0 bridgehead atoms. The first-order valence-electron chi connectivity index (χ1n) is 11.3. The van der Waals surface area contributed by atoms with Crippen molar-refractivity contribution in [2.24, 2.45) is 0 Å². The summed E-state index contributed by atoms with van der Waals surface area (Å²) in [6.45, 7) is 6.63. The molecular weight excluding hydrogens is 420 g/mol. The van der Waals surface area contributed by atoms with E-state index in [1.165, 1.54) is 23.1 Å². The van der Waals surface area contributed by atoms with Gasteiger partial charge in [0.25, 0.3) is 0 Å². The molecule has 0 saturated carbocycles. The van der Waals surface area contributed by atoms with Crippen molar-refractivity contribution in [1.29, 1.82) is 0 Å². The van der Waals surface area contributed by atoms with E-state index in [2.05, 4.69) is 33.3 Å². The molecule has 0 spiro atoms. The maximum atomic E-state index is 5.47. The minimum Gasteiger partial charge on any atom is -0.379 e. The van der Waals surface area contributed by atoms with E-state index in [1.807, 2.05) is 24.3 Å². The van der Waals surface area contributed by atoms with Crippen LogP contribution in [0.5, 0.6) is 0 Å². The molecular formula is C24H26N6OS. The first-order valence-corrected chi connectivity index (χ1v) is 12.1. The molecule has 4 aromatic rings. The Morgan fingerprint density at radius 1 is 0.875 bits per heavy atom. The second-order valence-corrected chi connectivity index (χ2v) is 9.44. The van der Waals surface area contributed by atoms with Gasteiger partial charge in [0.1, 0.15) is 0 Å². The normalized spacial score (nSPS) is 17.4. The Morgan fingerprint density at radius 3 is 2.47 bits per heavy atom. The van der Waals surface area contributed by atoms with Gasteiger partial charge in [-0.25, -0.2) is 15.0 Å². The Hall–Kier alpha value is -2.81. The molecule has 164 valence electrons. The number of nitrogens with one attached hydrogen (secondary N) is 1. The van der Waals surface area contributed by atoms with Gasteiger partial charge in [0.2, 0.25) is 0 Å². The molecule has 2 fully saturated rings. The third-order valence-corrected chi connectivity index (χ3v) is 7.08. The summed E-state index contributed by atoms with van der Waals surface area (Å²) in [6, 6.07) is 14.6. The molecule has 0 radical (unpaired) electrons. The summed E-state index contributed by atoms with van der Waals surface area (Å²) >= 11 is 1.67. The van der Waals surface area contributed by atoms with E-state index in [0.29, 0.717) is 0 Å². The number of ether oxygens (including phenoxy) is 1. The molecule has 8 heteroatoms. The van der Waals surface area contributed by atoms with Crippen LogP contribution in [0.1, 0.15) is 18.4 Å². The van der Waals surface area contributed by atoms with Crippen LogP contribution >= 0.6 is 11.3 Å². The topological polar surface area (TPSA) is 66.4 Å². The SMILES string of the molecule is c1ccc2nc(N3CCCC3)c(Nc3nc4ccc(CN5CCOCC5)cc4s3)nc2c1. The molecule has 4 heterocycles. The third-order valence-electron chi connectivity index (χ3n) is 6.15. The molecule has 2 aliphatic rings. The summed E-state index contributed by atoms with van der Waals surface area (Å²) < 4.78 is 6.66. The van der Waals surface area contributed by atoms with Gasteiger partial charge >= 0.3 is 0 Å². The number of benzene rings is 2. The van der Waals surface area contributed by atoms with Crippen molar-refractivity contribution in [2.45, 2.75) is 19.4 Å². The van der Waals surface area contributed by atoms with Crippen molar-refractivity contribution in [3.63, 3.8) is 0 Å². The number of thiazole rings is 1. The van der Waals surface area contributed by atoms with Crippen LogP contribution in [-0.2, 0) is 11.3 Å². The lowest BCUT2D eigenvalue weighted by atomic mass is 10.2. The molecule has 2 aliphatic heterocycles. The number of rotatable bonds is 5. The lowest BCUT2D eigenvalue weighted by Gasteiger charge is -2.26. The Morgan fingerprint density at radius 2 is 1.66 bits per heavy atom. The van der Waals surface area contributed by atoms with E-state index >= 15 is 0 Å². The monoisotopic (exact) mass is 446 g/mol. The van der Waals surface area contributed by atoms with Crippen molar-refractivity contribution < 1.29 is 4.74 Å². The van der Waals surface area contributed by atoms with Gasteiger partial charge in [-0.1, -0.05) is 29.5 Å². The Balaban J connectivity index is 1.30. The summed E-state index contributed by atoms with van der Waals surface area (Å²) in [4.78, 5) is 19.5. The predicted octanol–water partition coefficient (Wildman–Crippen LogP) is 4.42. The largest absolute Gasteiger partial charge is 0.379 e. The van der Waals surface area contributed by atoms with Crippen molar-refractivity contribution in [3.8, 4) is 0 Å². The van der Waals surface area contributed by atoms with Crippen LogP contribution in [0.4, 0.5) is 16.8 Å². The molecule has 0 atom stereocenters. The second-order valence-electron chi connectivity index (χ2n) is 8.41. The van der Waals surface area contributed by atoms with Crippen LogP contribution in [0.3, 0.4) is 0 Å². The number of morpholine rings is 1. The van der Waals surface area contributed by atoms with E-state index in [0.717, 1.165) is 79.3 Å². The number of hydrogen-bond acceptors (Lipinski definition) is 8. The van der Waals surface area contributed by atoms with Gasteiger partial charge in [0.05, 0.1) is 34.5 Å². The van der Waals surface area contributed by atoms with E-state index in [-0.39, 0.29) is 0 Å². The van der Waals surface area contributed by atoms with Gasteiger partial charge in [-0.2, -0.15) is 0 Å². The Labute approximate surface area is 191 Å². The third kappa shape index (κ3) is 4.01. The van der Waals surface area contributed by atoms with Gasteiger partial charge in [-0.3, -0.25) is 4.90 Å². The standard InChI is InChI=1S/C24H26N6OS/c1-2-6-19-18(5-1)25-22(23(26-19)30-9-3-4-10-30)28-24-27-20-8-7-17(15-21(20)32-24)16-29-11-13-31-14-12-29/h1-2,5-8,15H,3-4,9-14,16H2,(H,25,27,28).